The Hall–Kier alpha value is -2.81. The molecule has 0 unspecified atom stereocenters. The summed E-state index contributed by atoms with van der Waals surface area (Å²) in [6.07, 6.45) is 0. The van der Waals surface area contributed by atoms with Crippen molar-refractivity contribution in [2.24, 2.45) is 0 Å². The second-order valence-electron chi connectivity index (χ2n) is 6.01. The van der Waals surface area contributed by atoms with E-state index in [1.807, 2.05) is 16.7 Å². The lowest BCUT2D eigenvalue weighted by Gasteiger charge is -2.29. The van der Waals surface area contributed by atoms with Crippen LogP contribution in [0.15, 0.2) is 29.1 Å². The lowest BCUT2D eigenvalue weighted by atomic mass is 10.1. The second kappa shape index (κ2) is 6.17. The number of hydrogen-bond donors (Lipinski definition) is 2. The van der Waals surface area contributed by atoms with Gasteiger partial charge in [-0.05, 0) is 12.1 Å². The van der Waals surface area contributed by atoms with E-state index in [0.717, 1.165) is 35.2 Å². The molecule has 0 aliphatic carbocycles. The van der Waals surface area contributed by atoms with Gasteiger partial charge in [-0.1, -0.05) is 0 Å². The number of pyridine rings is 1. The molecule has 0 spiro atoms. The van der Waals surface area contributed by atoms with Crippen LogP contribution in [0.5, 0.6) is 0 Å². The Morgan fingerprint density at radius 3 is 2.50 bits per heavy atom. The van der Waals surface area contributed by atoms with Gasteiger partial charge in [0.1, 0.15) is 11.6 Å². The first-order valence-electron chi connectivity index (χ1n) is 8.01. The van der Waals surface area contributed by atoms with Gasteiger partial charge in [-0.25, -0.2) is 4.39 Å². The van der Waals surface area contributed by atoms with Crippen LogP contribution in [0.2, 0.25) is 0 Å². The molecule has 2 aromatic rings. The number of fused-ring (bicyclic) bond motifs is 1. The third-order valence-corrected chi connectivity index (χ3v) is 5.44. The van der Waals surface area contributed by atoms with E-state index in [9.17, 15) is 18.8 Å². The molecule has 0 radical (unpaired) electrons. The fraction of sp³-hybridized carbons (Fsp3) is 0.235. The van der Waals surface area contributed by atoms with Gasteiger partial charge in [0, 0.05) is 36.7 Å². The molecule has 7 nitrogen and oxygen atoms in total. The molecule has 0 saturated carbocycles. The van der Waals surface area contributed by atoms with E-state index in [0.29, 0.717) is 5.69 Å². The zero-order valence-electron chi connectivity index (χ0n) is 13.6. The van der Waals surface area contributed by atoms with Crippen molar-refractivity contribution in [2.45, 2.75) is 0 Å². The highest BCUT2D eigenvalue weighted by Crippen LogP contribution is 2.27. The van der Waals surface area contributed by atoms with Crippen LogP contribution in [-0.2, 0) is 0 Å². The van der Waals surface area contributed by atoms with Gasteiger partial charge in [-0.2, -0.15) is 11.8 Å². The average Bonchev–Trinajstić information content (AvgIpc) is 2.89. The number of nitrogen functional groups attached to an aromatic ring is 1. The number of aromatic nitrogens is 1. The molecule has 1 aromatic carbocycles. The molecular weight excluding hydrogens is 359 g/mol. The summed E-state index contributed by atoms with van der Waals surface area (Å²) in [5, 5.41) is 2.10. The Morgan fingerprint density at radius 2 is 1.81 bits per heavy atom. The van der Waals surface area contributed by atoms with Crippen molar-refractivity contribution in [1.29, 1.82) is 0 Å². The Labute approximate surface area is 152 Å². The molecule has 2 amide bonds. The first-order chi connectivity index (χ1) is 12.5. The maximum atomic E-state index is 14.7. The second-order valence-corrected chi connectivity index (χ2v) is 7.24. The Balaban J connectivity index is 1.80. The third-order valence-electron chi connectivity index (χ3n) is 4.49. The fourth-order valence-electron chi connectivity index (χ4n) is 3.24. The smallest absolute Gasteiger partial charge is 0.262 e. The fourth-order valence-corrected chi connectivity index (χ4v) is 4.14. The van der Waals surface area contributed by atoms with Crippen LogP contribution in [0.3, 0.4) is 0 Å². The minimum atomic E-state index is -0.667. The number of imide groups is 1. The first-order valence-corrected chi connectivity index (χ1v) is 9.16. The number of anilines is 2. The number of benzene rings is 1. The average molecular weight is 374 g/mol. The predicted octanol–water partition coefficient (Wildman–Crippen LogP) is 0.996. The number of amides is 2. The van der Waals surface area contributed by atoms with Crippen molar-refractivity contribution in [1.82, 2.24) is 9.88 Å². The molecule has 3 N–H and O–H groups in total. The highest BCUT2D eigenvalue weighted by atomic mass is 32.2. The molecule has 4 rings (SSSR count). The summed E-state index contributed by atoms with van der Waals surface area (Å²) >= 11 is 1.82. The van der Waals surface area contributed by atoms with Crippen molar-refractivity contribution in [3.63, 3.8) is 0 Å². The maximum absolute atomic E-state index is 14.7. The number of halogens is 1. The molecule has 2 aliphatic heterocycles. The number of nitrogens with zero attached hydrogens (tertiary/aromatic N) is 2. The summed E-state index contributed by atoms with van der Waals surface area (Å²) in [6, 6.07) is 5.44. The lowest BCUT2D eigenvalue weighted by molar-refractivity contribution is 0.0880. The van der Waals surface area contributed by atoms with E-state index in [1.165, 1.54) is 6.07 Å². The predicted molar refractivity (Wildman–Crippen MR) is 97.7 cm³/mol. The van der Waals surface area contributed by atoms with Crippen LogP contribution in [0.25, 0.3) is 5.69 Å². The van der Waals surface area contributed by atoms with Crippen molar-refractivity contribution >= 4 is 35.1 Å². The van der Waals surface area contributed by atoms with E-state index >= 15 is 0 Å². The summed E-state index contributed by atoms with van der Waals surface area (Å²) in [6.45, 7) is 1.51. The van der Waals surface area contributed by atoms with Gasteiger partial charge >= 0.3 is 0 Å². The van der Waals surface area contributed by atoms with E-state index < -0.39 is 23.2 Å². The van der Waals surface area contributed by atoms with Crippen LogP contribution < -0.4 is 21.5 Å². The number of thioether (sulfide) groups is 1. The van der Waals surface area contributed by atoms with Gasteiger partial charge in [0.15, 0.2) is 0 Å². The van der Waals surface area contributed by atoms with E-state index in [1.54, 1.807) is 12.1 Å². The van der Waals surface area contributed by atoms with Gasteiger partial charge < -0.3 is 10.6 Å². The molecular formula is C17H15FN4O3S. The van der Waals surface area contributed by atoms with Crippen molar-refractivity contribution < 1.29 is 14.0 Å². The summed E-state index contributed by atoms with van der Waals surface area (Å²) in [4.78, 5) is 38.0. The van der Waals surface area contributed by atoms with E-state index in [-0.39, 0.29) is 22.6 Å². The van der Waals surface area contributed by atoms with Gasteiger partial charge in [0.2, 0.25) is 0 Å². The largest absolute Gasteiger partial charge is 0.384 e. The van der Waals surface area contributed by atoms with E-state index in [4.69, 9.17) is 5.73 Å². The molecule has 26 heavy (non-hydrogen) atoms. The number of hydrogen-bond acceptors (Lipinski definition) is 6. The Bertz CT molecular complexity index is 998. The van der Waals surface area contributed by atoms with Crippen LogP contribution in [0.1, 0.15) is 20.7 Å². The first kappa shape index (κ1) is 16.6. The molecule has 2 aliphatic rings. The Kier molecular flexibility index (Phi) is 3.95. The van der Waals surface area contributed by atoms with Crippen LogP contribution in [-0.4, -0.2) is 41.0 Å². The number of nitrogens with one attached hydrogen (secondary N) is 1. The van der Waals surface area contributed by atoms with Gasteiger partial charge in [0.25, 0.3) is 17.4 Å². The zero-order chi connectivity index (χ0) is 18.4. The zero-order valence-corrected chi connectivity index (χ0v) is 14.4. The van der Waals surface area contributed by atoms with Gasteiger partial charge in [-0.15, -0.1) is 0 Å². The number of nitrogens with two attached hydrogens (primary N) is 1. The molecule has 3 heterocycles. The molecule has 1 saturated heterocycles. The normalized spacial score (nSPS) is 16.6. The standard InChI is InChI=1S/C17H15FN4O3S/c18-11-7-9(1-2-12(11)21-3-5-26-6-4-21)22-13(23)8-10-14(15(22)19)17(25)20-16(10)24/h1-2,7-8H,3-6,19H2,(H,20,24,25). The monoisotopic (exact) mass is 374 g/mol. The topological polar surface area (TPSA) is 97.4 Å². The number of rotatable bonds is 2. The Morgan fingerprint density at radius 1 is 1.08 bits per heavy atom. The van der Waals surface area contributed by atoms with Crippen LogP contribution in [0.4, 0.5) is 15.9 Å². The van der Waals surface area contributed by atoms with Gasteiger partial charge in [-0.3, -0.25) is 24.3 Å². The lowest BCUT2D eigenvalue weighted by Crippen LogP contribution is -2.33. The quantitative estimate of drug-likeness (QED) is 0.761. The highest BCUT2D eigenvalue weighted by molar-refractivity contribution is 7.99. The van der Waals surface area contributed by atoms with Gasteiger partial charge in [0.05, 0.1) is 22.5 Å². The minimum absolute atomic E-state index is 0.0586. The summed E-state index contributed by atoms with van der Waals surface area (Å²) in [5.74, 6) is -0.118. The van der Waals surface area contributed by atoms with Crippen molar-refractivity contribution in [2.75, 3.05) is 35.2 Å². The maximum Gasteiger partial charge on any atom is 0.262 e. The summed E-state index contributed by atoms with van der Waals surface area (Å²) < 4.78 is 15.7. The van der Waals surface area contributed by atoms with Crippen molar-refractivity contribution in [3.05, 3.63) is 51.6 Å². The number of carbonyl (C=O) groups is 2. The van der Waals surface area contributed by atoms with Crippen molar-refractivity contribution in [3.8, 4) is 5.69 Å². The SMILES string of the molecule is Nc1c2c(cc(=O)n1-c1ccc(N3CCSCC3)c(F)c1)C(=O)NC2=O. The highest BCUT2D eigenvalue weighted by Gasteiger charge is 2.32. The third kappa shape index (κ3) is 2.55. The number of carbonyl (C=O) groups excluding carboxylic acids is 2. The molecule has 1 fully saturated rings. The minimum Gasteiger partial charge on any atom is -0.384 e. The molecule has 0 bridgehead atoms. The summed E-state index contributed by atoms with van der Waals surface area (Å²) in [5.41, 5.74) is 5.91. The molecule has 1 aromatic heterocycles. The molecule has 134 valence electrons. The van der Waals surface area contributed by atoms with Crippen LogP contribution in [0, 0.1) is 5.82 Å². The van der Waals surface area contributed by atoms with Crippen LogP contribution >= 0.6 is 11.8 Å². The van der Waals surface area contributed by atoms with E-state index in [2.05, 4.69) is 5.32 Å². The summed E-state index contributed by atoms with van der Waals surface area (Å²) in [7, 11) is 0. The molecule has 0 atom stereocenters. The molecule has 9 heteroatoms.